The molecule has 2 aromatic rings. The Morgan fingerprint density at radius 3 is 2.81 bits per heavy atom. The average molecular weight is 221 g/mol. The van der Waals surface area contributed by atoms with E-state index in [-0.39, 0.29) is 0 Å². The maximum absolute atomic E-state index is 6.03. The van der Waals surface area contributed by atoms with Gasteiger partial charge in [-0.1, -0.05) is 12.1 Å². The van der Waals surface area contributed by atoms with Crippen LogP contribution in [0.1, 0.15) is 31.7 Å². The Balaban J connectivity index is 2.37. The quantitative estimate of drug-likeness (QED) is 0.859. The predicted molar refractivity (Wildman–Crippen MR) is 58.6 cm³/mol. The largest absolute Gasteiger partial charge is 0.459 e. The molecule has 0 aromatic carbocycles. The SMILES string of the molecule is CCC(C)(N)c1noc(-c2occc2C)n1. The molecule has 1 atom stereocenters. The third kappa shape index (κ3) is 1.74. The van der Waals surface area contributed by atoms with Crippen LogP contribution in [-0.4, -0.2) is 10.1 Å². The van der Waals surface area contributed by atoms with Crippen molar-refractivity contribution in [3.63, 3.8) is 0 Å². The lowest BCUT2D eigenvalue weighted by Gasteiger charge is -2.16. The molecular formula is C11H15N3O2. The van der Waals surface area contributed by atoms with Gasteiger partial charge >= 0.3 is 0 Å². The van der Waals surface area contributed by atoms with Gasteiger partial charge in [0.05, 0.1) is 11.8 Å². The molecule has 0 aliphatic rings. The molecule has 0 amide bonds. The normalized spacial score (nSPS) is 15.0. The topological polar surface area (TPSA) is 78.1 Å². The van der Waals surface area contributed by atoms with Crippen LogP contribution in [-0.2, 0) is 5.54 Å². The van der Waals surface area contributed by atoms with Crippen LogP contribution in [0.2, 0.25) is 0 Å². The van der Waals surface area contributed by atoms with Gasteiger partial charge in [0.2, 0.25) is 0 Å². The van der Waals surface area contributed by atoms with Crippen molar-refractivity contribution in [3.8, 4) is 11.7 Å². The number of hydrogen-bond donors (Lipinski definition) is 1. The lowest BCUT2D eigenvalue weighted by atomic mass is 10.0. The van der Waals surface area contributed by atoms with E-state index in [9.17, 15) is 0 Å². The Labute approximate surface area is 93.6 Å². The number of nitrogens with two attached hydrogens (primary N) is 1. The molecule has 0 spiro atoms. The van der Waals surface area contributed by atoms with E-state index in [4.69, 9.17) is 14.7 Å². The Bertz CT molecular complexity index is 485. The van der Waals surface area contributed by atoms with Crippen molar-refractivity contribution in [3.05, 3.63) is 23.7 Å². The number of rotatable bonds is 3. The molecule has 2 N–H and O–H groups in total. The van der Waals surface area contributed by atoms with Gasteiger partial charge in [-0.15, -0.1) is 0 Å². The van der Waals surface area contributed by atoms with Crippen molar-refractivity contribution in [2.24, 2.45) is 5.73 Å². The molecule has 0 fully saturated rings. The minimum absolute atomic E-state index is 0.377. The van der Waals surface area contributed by atoms with Crippen molar-refractivity contribution in [2.45, 2.75) is 32.7 Å². The van der Waals surface area contributed by atoms with Crippen LogP contribution in [0.4, 0.5) is 0 Å². The molecule has 2 heterocycles. The van der Waals surface area contributed by atoms with E-state index in [1.54, 1.807) is 6.26 Å². The van der Waals surface area contributed by atoms with Crippen LogP contribution in [0, 0.1) is 6.92 Å². The first-order valence-corrected chi connectivity index (χ1v) is 5.22. The molecule has 2 rings (SSSR count). The first kappa shape index (κ1) is 10.9. The number of hydrogen-bond acceptors (Lipinski definition) is 5. The maximum atomic E-state index is 6.03. The first-order chi connectivity index (χ1) is 7.54. The summed E-state index contributed by atoms with van der Waals surface area (Å²) in [6, 6.07) is 1.85. The third-order valence-corrected chi connectivity index (χ3v) is 2.73. The molecule has 5 nitrogen and oxygen atoms in total. The van der Waals surface area contributed by atoms with Gasteiger partial charge in [-0.25, -0.2) is 0 Å². The third-order valence-electron chi connectivity index (χ3n) is 2.73. The summed E-state index contributed by atoms with van der Waals surface area (Å²) in [6.07, 6.45) is 2.33. The second-order valence-electron chi connectivity index (χ2n) is 4.13. The molecule has 1 unspecified atom stereocenters. The molecule has 0 saturated carbocycles. The average Bonchev–Trinajstić information content (AvgIpc) is 2.85. The molecule has 0 bridgehead atoms. The van der Waals surface area contributed by atoms with Crippen LogP contribution >= 0.6 is 0 Å². The van der Waals surface area contributed by atoms with Crippen LogP contribution in [0.25, 0.3) is 11.7 Å². The Morgan fingerprint density at radius 2 is 2.25 bits per heavy atom. The molecular weight excluding hydrogens is 206 g/mol. The van der Waals surface area contributed by atoms with Crippen molar-refractivity contribution < 1.29 is 8.94 Å². The first-order valence-electron chi connectivity index (χ1n) is 5.22. The van der Waals surface area contributed by atoms with Crippen molar-refractivity contribution in [1.29, 1.82) is 0 Å². The minimum atomic E-state index is -0.567. The summed E-state index contributed by atoms with van der Waals surface area (Å²) >= 11 is 0. The molecule has 5 heteroatoms. The molecule has 0 aliphatic carbocycles. The van der Waals surface area contributed by atoms with Gasteiger partial charge in [0, 0.05) is 5.56 Å². The lowest BCUT2D eigenvalue weighted by Crippen LogP contribution is -2.33. The van der Waals surface area contributed by atoms with E-state index in [0.717, 1.165) is 12.0 Å². The Kier molecular flexibility index (Phi) is 2.55. The van der Waals surface area contributed by atoms with Gasteiger partial charge in [-0.2, -0.15) is 4.98 Å². The maximum Gasteiger partial charge on any atom is 0.293 e. The summed E-state index contributed by atoms with van der Waals surface area (Å²) in [7, 11) is 0. The second kappa shape index (κ2) is 3.75. The van der Waals surface area contributed by atoms with Crippen molar-refractivity contribution >= 4 is 0 Å². The van der Waals surface area contributed by atoms with Crippen LogP contribution in [0.5, 0.6) is 0 Å². The summed E-state index contributed by atoms with van der Waals surface area (Å²) in [4.78, 5) is 4.26. The van der Waals surface area contributed by atoms with Crippen LogP contribution < -0.4 is 5.73 Å². The zero-order valence-corrected chi connectivity index (χ0v) is 9.65. The van der Waals surface area contributed by atoms with Gasteiger partial charge in [0.15, 0.2) is 11.6 Å². The summed E-state index contributed by atoms with van der Waals surface area (Å²) in [5.74, 6) is 1.48. The van der Waals surface area contributed by atoms with Gasteiger partial charge in [-0.05, 0) is 26.3 Å². The zero-order valence-electron chi connectivity index (χ0n) is 9.65. The van der Waals surface area contributed by atoms with Crippen LogP contribution in [0.3, 0.4) is 0 Å². The second-order valence-corrected chi connectivity index (χ2v) is 4.13. The van der Waals surface area contributed by atoms with E-state index in [0.29, 0.717) is 17.5 Å². The standard InChI is InChI=1S/C11H15N3O2/c1-4-11(3,12)10-13-9(16-14-10)8-7(2)5-6-15-8/h5-6H,4,12H2,1-3H3. The Morgan fingerprint density at radius 1 is 1.50 bits per heavy atom. The summed E-state index contributed by atoms with van der Waals surface area (Å²) in [5, 5.41) is 3.88. The highest BCUT2D eigenvalue weighted by Crippen LogP contribution is 2.25. The fourth-order valence-electron chi connectivity index (χ4n) is 1.30. The summed E-state index contributed by atoms with van der Waals surface area (Å²) in [5.41, 5.74) is 6.42. The molecule has 0 radical (unpaired) electrons. The Hall–Kier alpha value is -1.62. The number of aryl methyl sites for hydroxylation is 1. The molecule has 0 aliphatic heterocycles. The number of aromatic nitrogens is 2. The smallest absolute Gasteiger partial charge is 0.293 e. The van der Waals surface area contributed by atoms with Gasteiger partial charge in [0.1, 0.15) is 0 Å². The van der Waals surface area contributed by atoms with Gasteiger partial charge < -0.3 is 14.7 Å². The lowest BCUT2D eigenvalue weighted by molar-refractivity contribution is 0.373. The highest BCUT2D eigenvalue weighted by molar-refractivity contribution is 5.49. The molecule has 2 aromatic heterocycles. The van der Waals surface area contributed by atoms with E-state index in [1.165, 1.54) is 0 Å². The number of nitrogens with zero attached hydrogens (tertiary/aromatic N) is 2. The van der Waals surface area contributed by atoms with Gasteiger partial charge in [-0.3, -0.25) is 0 Å². The van der Waals surface area contributed by atoms with Crippen LogP contribution in [0.15, 0.2) is 21.3 Å². The molecule has 0 saturated heterocycles. The van der Waals surface area contributed by atoms with E-state index >= 15 is 0 Å². The zero-order chi connectivity index (χ0) is 11.8. The number of furan rings is 1. The molecule has 86 valence electrons. The highest BCUT2D eigenvalue weighted by atomic mass is 16.5. The highest BCUT2D eigenvalue weighted by Gasteiger charge is 2.26. The summed E-state index contributed by atoms with van der Waals surface area (Å²) < 4.78 is 10.4. The van der Waals surface area contributed by atoms with E-state index in [1.807, 2.05) is 26.8 Å². The summed E-state index contributed by atoms with van der Waals surface area (Å²) in [6.45, 7) is 5.77. The molecule has 16 heavy (non-hydrogen) atoms. The van der Waals surface area contributed by atoms with Crippen molar-refractivity contribution in [2.75, 3.05) is 0 Å². The van der Waals surface area contributed by atoms with E-state index in [2.05, 4.69) is 10.1 Å². The predicted octanol–water partition coefficient (Wildman–Crippen LogP) is 2.22. The van der Waals surface area contributed by atoms with E-state index < -0.39 is 5.54 Å². The van der Waals surface area contributed by atoms with Crippen molar-refractivity contribution in [1.82, 2.24) is 10.1 Å². The monoisotopic (exact) mass is 221 g/mol. The van der Waals surface area contributed by atoms with Gasteiger partial charge in [0.25, 0.3) is 5.89 Å². The minimum Gasteiger partial charge on any atom is -0.459 e. The fourth-order valence-corrected chi connectivity index (χ4v) is 1.30. The fraction of sp³-hybridized carbons (Fsp3) is 0.455.